The largest absolute Gasteiger partial charge is 0.373 e. The van der Waals surface area contributed by atoms with Gasteiger partial charge in [0.15, 0.2) is 0 Å². The number of rotatable bonds is 5. The molecule has 0 aromatic heterocycles. The molecule has 0 aliphatic carbocycles. The third-order valence-corrected chi connectivity index (χ3v) is 3.47. The fraction of sp³-hybridized carbons (Fsp3) is 0.533. The van der Waals surface area contributed by atoms with E-state index in [1.54, 1.807) is 0 Å². The lowest BCUT2D eigenvalue weighted by Gasteiger charge is -2.17. The van der Waals surface area contributed by atoms with E-state index in [1.807, 2.05) is 18.2 Å². The number of carbonyl (C=O) groups is 1. The second-order valence-corrected chi connectivity index (χ2v) is 5.11. The van der Waals surface area contributed by atoms with E-state index in [2.05, 4.69) is 30.5 Å². The number of hydrogen-bond acceptors (Lipinski definition) is 2. The van der Waals surface area contributed by atoms with E-state index in [0.29, 0.717) is 0 Å². The van der Waals surface area contributed by atoms with E-state index >= 15 is 0 Å². The third-order valence-electron chi connectivity index (χ3n) is 3.47. The summed E-state index contributed by atoms with van der Waals surface area (Å²) in [6, 6.07) is 8.29. The van der Waals surface area contributed by atoms with Crippen LogP contribution in [-0.2, 0) is 11.2 Å². The minimum absolute atomic E-state index is 0.105. The van der Waals surface area contributed by atoms with Gasteiger partial charge in [-0.1, -0.05) is 38.0 Å². The first-order chi connectivity index (χ1) is 8.70. The molecule has 1 amide bonds. The van der Waals surface area contributed by atoms with Crippen LogP contribution in [0.2, 0.25) is 0 Å². The van der Waals surface area contributed by atoms with Crippen molar-refractivity contribution in [3.63, 3.8) is 0 Å². The Balaban J connectivity index is 1.85. The number of anilines is 1. The Morgan fingerprint density at radius 3 is 3.00 bits per heavy atom. The van der Waals surface area contributed by atoms with Gasteiger partial charge in [0, 0.05) is 18.2 Å². The molecule has 0 saturated heterocycles. The Morgan fingerprint density at radius 2 is 2.28 bits per heavy atom. The van der Waals surface area contributed by atoms with Gasteiger partial charge < -0.3 is 10.6 Å². The summed E-state index contributed by atoms with van der Waals surface area (Å²) in [5.74, 6) is 0.120. The highest BCUT2D eigenvalue weighted by Crippen LogP contribution is 2.25. The van der Waals surface area contributed by atoms with Crippen LogP contribution in [0.3, 0.4) is 0 Å². The molecule has 2 atom stereocenters. The van der Waals surface area contributed by atoms with Crippen LogP contribution in [0.15, 0.2) is 24.3 Å². The number of fused-ring (bicyclic) bond motifs is 1. The molecule has 1 aliphatic heterocycles. The summed E-state index contributed by atoms with van der Waals surface area (Å²) < 4.78 is 0. The van der Waals surface area contributed by atoms with Crippen molar-refractivity contribution >= 4 is 11.6 Å². The summed E-state index contributed by atoms with van der Waals surface area (Å²) >= 11 is 0. The van der Waals surface area contributed by atoms with Gasteiger partial charge in [0.25, 0.3) is 0 Å². The molecule has 3 heteroatoms. The zero-order valence-corrected chi connectivity index (χ0v) is 11.2. The van der Waals surface area contributed by atoms with E-state index in [-0.39, 0.29) is 18.0 Å². The van der Waals surface area contributed by atoms with Gasteiger partial charge in [-0.05, 0) is 25.0 Å². The molecule has 1 aliphatic rings. The van der Waals surface area contributed by atoms with E-state index in [0.717, 1.165) is 18.5 Å². The van der Waals surface area contributed by atoms with Crippen LogP contribution in [0.4, 0.5) is 5.69 Å². The molecule has 18 heavy (non-hydrogen) atoms. The molecular formula is C15H22N2O. The summed E-state index contributed by atoms with van der Waals surface area (Å²) in [4.78, 5) is 12.1. The zero-order chi connectivity index (χ0) is 13.0. The van der Waals surface area contributed by atoms with Gasteiger partial charge in [-0.2, -0.15) is 0 Å². The second-order valence-electron chi connectivity index (χ2n) is 5.11. The number of para-hydroxylation sites is 1. The quantitative estimate of drug-likeness (QED) is 0.838. The van der Waals surface area contributed by atoms with Gasteiger partial charge in [0.1, 0.15) is 6.04 Å². The number of nitrogens with one attached hydrogen (secondary N) is 2. The van der Waals surface area contributed by atoms with Crippen molar-refractivity contribution in [3.8, 4) is 0 Å². The van der Waals surface area contributed by atoms with Crippen LogP contribution in [-0.4, -0.2) is 18.0 Å². The molecule has 0 fully saturated rings. The maximum Gasteiger partial charge on any atom is 0.243 e. The molecule has 2 N–H and O–H groups in total. The highest BCUT2D eigenvalue weighted by molar-refractivity contribution is 5.87. The lowest BCUT2D eigenvalue weighted by Crippen LogP contribution is -2.42. The lowest BCUT2D eigenvalue weighted by atomic mass is 10.1. The van der Waals surface area contributed by atoms with Crippen LogP contribution in [0, 0.1) is 0 Å². The summed E-state index contributed by atoms with van der Waals surface area (Å²) in [7, 11) is 0. The predicted molar refractivity (Wildman–Crippen MR) is 74.7 cm³/mol. The minimum atomic E-state index is -0.105. The average molecular weight is 246 g/mol. The molecule has 1 aromatic rings. The van der Waals surface area contributed by atoms with Gasteiger partial charge >= 0.3 is 0 Å². The van der Waals surface area contributed by atoms with Crippen molar-refractivity contribution in [2.45, 2.75) is 51.6 Å². The highest BCUT2D eigenvalue weighted by atomic mass is 16.2. The Bertz CT molecular complexity index is 392. The molecule has 0 bridgehead atoms. The minimum Gasteiger partial charge on any atom is -0.373 e. The first kappa shape index (κ1) is 12.9. The topological polar surface area (TPSA) is 41.1 Å². The SMILES string of the molecule is CCCCC(C)NC(=O)[C@@H]1Cc2ccccc2N1. The second kappa shape index (κ2) is 5.89. The van der Waals surface area contributed by atoms with E-state index in [1.165, 1.54) is 18.4 Å². The molecule has 1 unspecified atom stereocenters. The van der Waals surface area contributed by atoms with Crippen LogP contribution in [0.1, 0.15) is 38.7 Å². The Hall–Kier alpha value is -1.51. The molecule has 0 radical (unpaired) electrons. The van der Waals surface area contributed by atoms with Crippen LogP contribution in [0.5, 0.6) is 0 Å². The standard InChI is InChI=1S/C15H22N2O/c1-3-4-7-11(2)16-15(18)14-10-12-8-5-6-9-13(12)17-14/h5-6,8-9,11,14,17H,3-4,7,10H2,1-2H3,(H,16,18)/t11?,14-/m0/s1. The summed E-state index contributed by atoms with van der Waals surface area (Å²) in [6.07, 6.45) is 4.19. The van der Waals surface area contributed by atoms with E-state index in [9.17, 15) is 4.79 Å². The molecule has 98 valence electrons. The lowest BCUT2D eigenvalue weighted by molar-refractivity contribution is -0.122. The summed E-state index contributed by atoms with van der Waals surface area (Å²) in [6.45, 7) is 4.25. The molecule has 1 aromatic carbocycles. The van der Waals surface area contributed by atoms with Crippen molar-refractivity contribution < 1.29 is 4.79 Å². The number of amides is 1. The predicted octanol–water partition coefficient (Wildman–Crippen LogP) is 2.72. The van der Waals surface area contributed by atoms with Crippen molar-refractivity contribution in [2.24, 2.45) is 0 Å². The maximum absolute atomic E-state index is 12.1. The van der Waals surface area contributed by atoms with Crippen molar-refractivity contribution in [2.75, 3.05) is 5.32 Å². The summed E-state index contributed by atoms with van der Waals surface area (Å²) in [5.41, 5.74) is 2.33. The van der Waals surface area contributed by atoms with E-state index in [4.69, 9.17) is 0 Å². The molecule has 0 spiro atoms. The van der Waals surface area contributed by atoms with Gasteiger partial charge in [-0.25, -0.2) is 0 Å². The van der Waals surface area contributed by atoms with Crippen molar-refractivity contribution in [1.29, 1.82) is 0 Å². The first-order valence-electron chi connectivity index (χ1n) is 6.85. The first-order valence-corrected chi connectivity index (χ1v) is 6.85. The van der Waals surface area contributed by atoms with Crippen LogP contribution >= 0.6 is 0 Å². The van der Waals surface area contributed by atoms with Gasteiger partial charge in [-0.15, -0.1) is 0 Å². The number of benzene rings is 1. The normalized spacial score (nSPS) is 18.9. The third kappa shape index (κ3) is 3.03. The Morgan fingerprint density at radius 1 is 1.50 bits per heavy atom. The number of hydrogen-bond donors (Lipinski definition) is 2. The van der Waals surface area contributed by atoms with Crippen LogP contribution < -0.4 is 10.6 Å². The monoisotopic (exact) mass is 246 g/mol. The van der Waals surface area contributed by atoms with Gasteiger partial charge in [0.05, 0.1) is 0 Å². The number of unbranched alkanes of at least 4 members (excludes halogenated alkanes) is 1. The molecular weight excluding hydrogens is 224 g/mol. The fourth-order valence-electron chi connectivity index (χ4n) is 2.38. The Kier molecular flexibility index (Phi) is 4.24. The van der Waals surface area contributed by atoms with Gasteiger partial charge in [0.2, 0.25) is 5.91 Å². The van der Waals surface area contributed by atoms with Crippen molar-refractivity contribution in [3.05, 3.63) is 29.8 Å². The number of carbonyl (C=O) groups excluding carboxylic acids is 1. The average Bonchev–Trinajstić information content (AvgIpc) is 2.80. The van der Waals surface area contributed by atoms with Crippen LogP contribution in [0.25, 0.3) is 0 Å². The van der Waals surface area contributed by atoms with E-state index < -0.39 is 0 Å². The van der Waals surface area contributed by atoms with Crippen molar-refractivity contribution in [1.82, 2.24) is 5.32 Å². The molecule has 1 heterocycles. The smallest absolute Gasteiger partial charge is 0.243 e. The molecule has 2 rings (SSSR count). The fourth-order valence-corrected chi connectivity index (χ4v) is 2.38. The van der Waals surface area contributed by atoms with Gasteiger partial charge in [-0.3, -0.25) is 4.79 Å². The molecule has 3 nitrogen and oxygen atoms in total. The molecule has 0 saturated carbocycles. The Labute approximate surface area is 109 Å². The summed E-state index contributed by atoms with van der Waals surface area (Å²) in [5, 5.41) is 6.37. The maximum atomic E-state index is 12.1. The zero-order valence-electron chi connectivity index (χ0n) is 11.2. The highest BCUT2D eigenvalue weighted by Gasteiger charge is 2.26.